The summed E-state index contributed by atoms with van der Waals surface area (Å²) >= 11 is 6.40. The molecule has 0 aliphatic heterocycles. The Hall–Kier alpha value is -0.360. The Kier molecular flexibility index (Phi) is 3.92. The van der Waals surface area contributed by atoms with Crippen molar-refractivity contribution in [2.24, 2.45) is 0 Å². The first kappa shape index (κ1) is 10.7. The first-order valence-corrected chi connectivity index (χ1v) is 5.74. The van der Waals surface area contributed by atoms with Gasteiger partial charge in [0.15, 0.2) is 0 Å². The van der Waals surface area contributed by atoms with Crippen molar-refractivity contribution in [2.45, 2.75) is 10.8 Å². The zero-order valence-corrected chi connectivity index (χ0v) is 10.1. The van der Waals surface area contributed by atoms with Crippen molar-refractivity contribution in [3.8, 4) is 5.88 Å². The van der Waals surface area contributed by atoms with Crippen molar-refractivity contribution in [1.29, 1.82) is 0 Å². The van der Waals surface area contributed by atoms with E-state index >= 15 is 0 Å². The van der Waals surface area contributed by atoms with Crippen LogP contribution in [0.1, 0.15) is 5.56 Å². The number of aromatic nitrogens is 2. The molecular formula is C7H8Br2N2O2. The molecule has 0 saturated carbocycles. The Morgan fingerprint density at radius 2 is 2.31 bits per heavy atom. The predicted octanol–water partition coefficient (Wildman–Crippen LogP) is 1.50. The third-order valence-corrected chi connectivity index (χ3v) is 2.57. The van der Waals surface area contributed by atoms with Crippen molar-refractivity contribution >= 4 is 31.9 Å². The highest BCUT2D eigenvalue weighted by atomic mass is 79.9. The molecule has 1 heterocycles. The van der Waals surface area contributed by atoms with Gasteiger partial charge in [0, 0.05) is 17.0 Å². The van der Waals surface area contributed by atoms with Crippen LogP contribution < -0.4 is 10.3 Å². The maximum Gasteiger partial charge on any atom is 0.268 e. The van der Waals surface area contributed by atoms with E-state index in [4.69, 9.17) is 4.74 Å². The Morgan fingerprint density at radius 1 is 1.62 bits per heavy atom. The third kappa shape index (κ3) is 2.31. The molecule has 0 aliphatic carbocycles. The Balaban J connectivity index is 3.26. The molecule has 0 unspecified atom stereocenters. The van der Waals surface area contributed by atoms with E-state index in [1.54, 1.807) is 0 Å². The van der Waals surface area contributed by atoms with Crippen LogP contribution in [-0.4, -0.2) is 16.9 Å². The number of hydrogen-bond donors (Lipinski definition) is 0. The minimum atomic E-state index is -0.146. The summed E-state index contributed by atoms with van der Waals surface area (Å²) < 4.78 is 6.29. The van der Waals surface area contributed by atoms with Gasteiger partial charge in [0.25, 0.3) is 5.56 Å². The lowest BCUT2D eigenvalue weighted by molar-refractivity contribution is 0.378. The predicted molar refractivity (Wildman–Crippen MR) is 56.6 cm³/mol. The van der Waals surface area contributed by atoms with E-state index in [1.165, 1.54) is 17.9 Å². The molecule has 0 aliphatic rings. The first-order valence-electron chi connectivity index (χ1n) is 3.50. The van der Waals surface area contributed by atoms with Gasteiger partial charge in [-0.1, -0.05) is 31.9 Å². The van der Waals surface area contributed by atoms with Crippen molar-refractivity contribution in [3.05, 3.63) is 22.0 Å². The Labute approximate surface area is 92.2 Å². The topological polar surface area (TPSA) is 44.1 Å². The molecule has 0 amide bonds. The molecular weight excluding hydrogens is 304 g/mol. The summed E-state index contributed by atoms with van der Waals surface area (Å²) in [5.74, 6) is 0.468. The second-order valence-electron chi connectivity index (χ2n) is 2.27. The maximum atomic E-state index is 11.3. The normalized spacial score (nSPS) is 10.1. The molecule has 0 spiro atoms. The van der Waals surface area contributed by atoms with E-state index in [2.05, 4.69) is 37.0 Å². The molecule has 0 aromatic carbocycles. The SMILES string of the molecule is COc1nn(CBr)c(=O)cc1CBr. The first-order chi connectivity index (χ1) is 6.22. The quantitative estimate of drug-likeness (QED) is 0.795. The van der Waals surface area contributed by atoms with Crippen LogP contribution in [0.2, 0.25) is 0 Å². The molecule has 4 nitrogen and oxygen atoms in total. The number of halogens is 2. The van der Waals surface area contributed by atoms with Gasteiger partial charge >= 0.3 is 0 Å². The average molecular weight is 312 g/mol. The Morgan fingerprint density at radius 3 is 2.77 bits per heavy atom. The molecule has 72 valence electrons. The van der Waals surface area contributed by atoms with E-state index in [-0.39, 0.29) is 5.56 Å². The van der Waals surface area contributed by atoms with E-state index in [9.17, 15) is 4.79 Å². The van der Waals surface area contributed by atoms with Gasteiger partial charge in [0.2, 0.25) is 5.88 Å². The zero-order valence-electron chi connectivity index (χ0n) is 6.96. The van der Waals surface area contributed by atoms with Crippen LogP contribution in [0, 0.1) is 0 Å². The monoisotopic (exact) mass is 310 g/mol. The maximum absolute atomic E-state index is 11.3. The molecule has 0 bridgehead atoms. The molecule has 1 aromatic heterocycles. The lowest BCUT2D eigenvalue weighted by Crippen LogP contribution is -2.21. The largest absolute Gasteiger partial charge is 0.480 e. The number of methoxy groups -OCH3 is 1. The van der Waals surface area contributed by atoms with E-state index < -0.39 is 0 Å². The fraction of sp³-hybridized carbons (Fsp3) is 0.429. The Bertz CT molecular complexity index is 351. The lowest BCUT2D eigenvalue weighted by atomic mass is 10.3. The van der Waals surface area contributed by atoms with Crippen LogP contribution in [0.4, 0.5) is 0 Å². The van der Waals surface area contributed by atoms with Gasteiger partial charge in [-0.15, -0.1) is 5.10 Å². The highest BCUT2D eigenvalue weighted by molar-refractivity contribution is 9.08. The summed E-state index contributed by atoms with van der Waals surface area (Å²) in [6.45, 7) is 0. The van der Waals surface area contributed by atoms with Crippen LogP contribution in [0.5, 0.6) is 5.88 Å². The molecule has 0 atom stereocenters. The highest BCUT2D eigenvalue weighted by Crippen LogP contribution is 2.14. The van der Waals surface area contributed by atoms with Gasteiger partial charge in [0.05, 0.1) is 7.11 Å². The van der Waals surface area contributed by atoms with Gasteiger partial charge in [0.1, 0.15) is 5.45 Å². The lowest BCUT2D eigenvalue weighted by Gasteiger charge is -2.06. The molecule has 0 radical (unpaired) electrons. The van der Waals surface area contributed by atoms with Crippen molar-refractivity contribution < 1.29 is 4.74 Å². The van der Waals surface area contributed by atoms with Crippen LogP contribution >= 0.6 is 31.9 Å². The van der Waals surface area contributed by atoms with Crippen molar-refractivity contribution in [3.63, 3.8) is 0 Å². The summed E-state index contributed by atoms with van der Waals surface area (Å²) in [7, 11) is 1.53. The minimum absolute atomic E-state index is 0.146. The fourth-order valence-electron chi connectivity index (χ4n) is 0.862. The smallest absolute Gasteiger partial charge is 0.268 e. The van der Waals surface area contributed by atoms with Gasteiger partial charge in [-0.2, -0.15) is 0 Å². The van der Waals surface area contributed by atoms with Gasteiger partial charge < -0.3 is 4.74 Å². The summed E-state index contributed by atoms with van der Waals surface area (Å²) in [4.78, 5) is 11.3. The van der Waals surface area contributed by atoms with Crippen LogP contribution in [0.3, 0.4) is 0 Å². The van der Waals surface area contributed by atoms with E-state index in [0.29, 0.717) is 16.7 Å². The molecule has 6 heteroatoms. The van der Waals surface area contributed by atoms with Crippen molar-refractivity contribution in [2.75, 3.05) is 7.11 Å². The highest BCUT2D eigenvalue weighted by Gasteiger charge is 2.06. The van der Waals surface area contributed by atoms with Crippen LogP contribution in [-0.2, 0) is 10.8 Å². The van der Waals surface area contributed by atoms with Gasteiger partial charge in [-0.05, 0) is 0 Å². The molecule has 0 fully saturated rings. The fourth-order valence-corrected chi connectivity index (χ4v) is 1.62. The molecule has 1 rings (SSSR count). The van der Waals surface area contributed by atoms with Gasteiger partial charge in [-0.3, -0.25) is 4.79 Å². The van der Waals surface area contributed by atoms with E-state index in [1.807, 2.05) is 0 Å². The number of ether oxygens (including phenoxy) is 1. The standard InChI is InChI=1S/C7H8Br2N2O2/c1-13-7-5(3-8)2-6(12)11(4-9)10-7/h2H,3-4H2,1H3. The molecule has 13 heavy (non-hydrogen) atoms. The molecule has 1 aromatic rings. The zero-order chi connectivity index (χ0) is 9.84. The molecule has 0 saturated heterocycles. The second-order valence-corrected chi connectivity index (χ2v) is 3.33. The van der Waals surface area contributed by atoms with Crippen LogP contribution in [0.15, 0.2) is 10.9 Å². The second kappa shape index (κ2) is 4.76. The van der Waals surface area contributed by atoms with Crippen LogP contribution in [0.25, 0.3) is 0 Å². The summed E-state index contributed by atoms with van der Waals surface area (Å²) in [5, 5.41) is 4.54. The number of rotatable bonds is 3. The summed E-state index contributed by atoms with van der Waals surface area (Å²) in [6, 6.07) is 1.50. The van der Waals surface area contributed by atoms with E-state index in [0.717, 1.165) is 5.56 Å². The minimum Gasteiger partial charge on any atom is -0.480 e. The molecule has 0 N–H and O–H groups in total. The number of alkyl halides is 2. The number of hydrogen-bond acceptors (Lipinski definition) is 3. The summed E-state index contributed by atoms with van der Waals surface area (Å²) in [5.41, 5.74) is 0.974. The third-order valence-electron chi connectivity index (χ3n) is 1.49. The number of nitrogens with zero attached hydrogens (tertiary/aromatic N) is 2. The summed E-state index contributed by atoms with van der Waals surface area (Å²) in [6.07, 6.45) is 0. The average Bonchev–Trinajstić information content (AvgIpc) is 2.17. The van der Waals surface area contributed by atoms with Crippen molar-refractivity contribution in [1.82, 2.24) is 9.78 Å². The van der Waals surface area contributed by atoms with Gasteiger partial charge in [-0.25, -0.2) is 4.68 Å².